The highest BCUT2D eigenvalue weighted by Crippen LogP contribution is 2.21. The predicted octanol–water partition coefficient (Wildman–Crippen LogP) is 4.13. The van der Waals surface area contributed by atoms with Crippen LogP contribution in [0.2, 0.25) is 0 Å². The molecule has 0 aliphatic heterocycles. The van der Waals surface area contributed by atoms with Crippen LogP contribution in [0.4, 0.5) is 0 Å². The minimum Gasteiger partial charge on any atom is -0.345 e. The first-order valence-electron chi connectivity index (χ1n) is 6.13. The lowest BCUT2D eigenvalue weighted by Crippen LogP contribution is -2.49. The second-order valence-electron chi connectivity index (χ2n) is 4.51. The first-order valence-corrected chi connectivity index (χ1v) is 7.74. The molecule has 1 N–H and O–H groups in total. The number of carbonyl (C=O) groups excluding carboxylic acids is 1. The number of aryl methyl sites for hydroxylation is 1. The Balaban J connectivity index is 2.98. The van der Waals surface area contributed by atoms with Gasteiger partial charge in [-0.3, -0.25) is 4.79 Å². The highest BCUT2D eigenvalue weighted by atomic mass is 127. The monoisotopic (exact) mass is 379 g/mol. The van der Waals surface area contributed by atoms with Crippen molar-refractivity contribution in [1.82, 2.24) is 5.32 Å². The van der Waals surface area contributed by atoms with Crippen molar-refractivity contribution in [2.24, 2.45) is 0 Å². The SMILES string of the molecule is CCC(CC)(CCl)NC(=O)c1cccc(C)c1I. The summed E-state index contributed by atoms with van der Waals surface area (Å²) < 4.78 is 1.00. The molecule has 0 aliphatic carbocycles. The summed E-state index contributed by atoms with van der Waals surface area (Å²) in [7, 11) is 0. The van der Waals surface area contributed by atoms with Crippen LogP contribution in [0.25, 0.3) is 0 Å². The first kappa shape index (κ1) is 15.8. The van der Waals surface area contributed by atoms with Gasteiger partial charge in [-0.05, 0) is 54.0 Å². The number of hydrogen-bond acceptors (Lipinski definition) is 1. The maximum absolute atomic E-state index is 12.3. The van der Waals surface area contributed by atoms with E-state index in [1.54, 1.807) is 0 Å². The number of nitrogens with one attached hydrogen (secondary N) is 1. The van der Waals surface area contributed by atoms with E-state index in [0.29, 0.717) is 5.88 Å². The maximum atomic E-state index is 12.3. The Morgan fingerprint density at radius 2 is 2.00 bits per heavy atom. The molecule has 0 atom stereocenters. The number of amides is 1. The van der Waals surface area contributed by atoms with Gasteiger partial charge in [-0.25, -0.2) is 0 Å². The van der Waals surface area contributed by atoms with Crippen LogP contribution in [0.15, 0.2) is 18.2 Å². The fourth-order valence-electron chi connectivity index (χ4n) is 1.78. The van der Waals surface area contributed by atoms with E-state index in [-0.39, 0.29) is 11.4 Å². The molecule has 1 amide bonds. The number of benzene rings is 1. The molecule has 1 aromatic carbocycles. The molecule has 0 saturated heterocycles. The third kappa shape index (κ3) is 3.38. The van der Waals surface area contributed by atoms with Gasteiger partial charge in [0.1, 0.15) is 0 Å². The number of hydrogen-bond donors (Lipinski definition) is 1. The van der Waals surface area contributed by atoms with Gasteiger partial charge in [0.15, 0.2) is 0 Å². The standard InChI is InChI=1S/C14H19ClINO/c1-4-14(5-2,9-15)17-13(18)11-8-6-7-10(3)12(11)16/h6-8H,4-5,9H2,1-3H3,(H,17,18). The average Bonchev–Trinajstić information content (AvgIpc) is 2.39. The summed E-state index contributed by atoms with van der Waals surface area (Å²) >= 11 is 8.22. The third-order valence-electron chi connectivity index (χ3n) is 3.42. The van der Waals surface area contributed by atoms with Gasteiger partial charge in [0, 0.05) is 9.45 Å². The van der Waals surface area contributed by atoms with E-state index >= 15 is 0 Å². The molecule has 0 aromatic heterocycles. The molecule has 1 aromatic rings. The highest BCUT2D eigenvalue weighted by Gasteiger charge is 2.28. The molecular formula is C14H19ClINO. The maximum Gasteiger partial charge on any atom is 0.252 e. The Hall–Kier alpha value is -0.290. The predicted molar refractivity (Wildman–Crippen MR) is 85.4 cm³/mol. The molecule has 0 spiro atoms. The summed E-state index contributed by atoms with van der Waals surface area (Å²) in [6.07, 6.45) is 1.67. The molecule has 1 rings (SSSR count). The van der Waals surface area contributed by atoms with Gasteiger partial charge >= 0.3 is 0 Å². The van der Waals surface area contributed by atoms with Gasteiger partial charge in [0.25, 0.3) is 5.91 Å². The van der Waals surface area contributed by atoms with E-state index in [0.717, 1.165) is 27.5 Å². The van der Waals surface area contributed by atoms with Crippen LogP contribution in [0.5, 0.6) is 0 Å². The van der Waals surface area contributed by atoms with Crippen molar-refractivity contribution in [1.29, 1.82) is 0 Å². The minimum atomic E-state index is -0.300. The Morgan fingerprint density at radius 3 is 2.50 bits per heavy atom. The zero-order chi connectivity index (χ0) is 13.8. The summed E-state index contributed by atoms with van der Waals surface area (Å²) in [5, 5.41) is 3.09. The summed E-state index contributed by atoms with van der Waals surface area (Å²) in [6, 6.07) is 5.77. The molecule has 4 heteroatoms. The summed E-state index contributed by atoms with van der Waals surface area (Å²) in [5.41, 5.74) is 1.55. The minimum absolute atomic E-state index is 0.0348. The first-order chi connectivity index (χ1) is 8.49. The summed E-state index contributed by atoms with van der Waals surface area (Å²) in [6.45, 7) is 6.10. The van der Waals surface area contributed by atoms with Crippen LogP contribution >= 0.6 is 34.2 Å². The van der Waals surface area contributed by atoms with Crippen LogP contribution < -0.4 is 5.32 Å². The summed E-state index contributed by atoms with van der Waals surface area (Å²) in [4.78, 5) is 12.3. The van der Waals surface area contributed by atoms with E-state index in [1.807, 2.05) is 39.0 Å². The smallest absolute Gasteiger partial charge is 0.252 e. The van der Waals surface area contributed by atoms with Gasteiger partial charge in [-0.2, -0.15) is 0 Å². The van der Waals surface area contributed by atoms with E-state index in [4.69, 9.17) is 11.6 Å². The zero-order valence-electron chi connectivity index (χ0n) is 11.0. The zero-order valence-corrected chi connectivity index (χ0v) is 13.9. The molecule has 0 unspecified atom stereocenters. The molecule has 0 radical (unpaired) electrons. The van der Waals surface area contributed by atoms with Gasteiger partial charge in [0.05, 0.1) is 11.1 Å². The number of rotatable bonds is 5. The van der Waals surface area contributed by atoms with Crippen molar-refractivity contribution >= 4 is 40.1 Å². The topological polar surface area (TPSA) is 29.1 Å². The molecule has 18 heavy (non-hydrogen) atoms. The van der Waals surface area contributed by atoms with Crippen molar-refractivity contribution in [3.8, 4) is 0 Å². The van der Waals surface area contributed by atoms with Crippen molar-refractivity contribution in [3.63, 3.8) is 0 Å². The lowest BCUT2D eigenvalue weighted by Gasteiger charge is -2.30. The fourth-order valence-corrected chi connectivity index (χ4v) is 2.83. The number of carbonyl (C=O) groups is 1. The van der Waals surface area contributed by atoms with E-state index in [2.05, 4.69) is 27.9 Å². The van der Waals surface area contributed by atoms with Gasteiger partial charge < -0.3 is 5.32 Å². The van der Waals surface area contributed by atoms with Gasteiger partial charge in [-0.1, -0.05) is 26.0 Å². The summed E-state index contributed by atoms with van der Waals surface area (Å²) in [5.74, 6) is 0.404. The molecule has 2 nitrogen and oxygen atoms in total. The van der Waals surface area contributed by atoms with Gasteiger partial charge in [0.2, 0.25) is 0 Å². The average molecular weight is 380 g/mol. The molecule has 0 fully saturated rings. The third-order valence-corrected chi connectivity index (χ3v) is 5.37. The lowest BCUT2D eigenvalue weighted by molar-refractivity contribution is 0.0901. The normalized spacial score (nSPS) is 11.4. The van der Waals surface area contributed by atoms with Crippen LogP contribution in [0.1, 0.15) is 42.6 Å². The van der Waals surface area contributed by atoms with Crippen molar-refractivity contribution in [3.05, 3.63) is 32.9 Å². The van der Waals surface area contributed by atoms with Crippen molar-refractivity contribution in [2.45, 2.75) is 39.2 Å². The Bertz CT molecular complexity index is 422. The molecule has 0 saturated carbocycles. The molecule has 0 heterocycles. The quantitative estimate of drug-likeness (QED) is 0.605. The van der Waals surface area contributed by atoms with Crippen LogP contribution in [-0.4, -0.2) is 17.3 Å². The largest absolute Gasteiger partial charge is 0.345 e. The second kappa shape index (κ2) is 6.75. The van der Waals surface area contributed by atoms with E-state index < -0.39 is 0 Å². The molecular weight excluding hydrogens is 361 g/mol. The number of alkyl halides is 1. The van der Waals surface area contributed by atoms with Gasteiger partial charge in [-0.15, -0.1) is 11.6 Å². The highest BCUT2D eigenvalue weighted by molar-refractivity contribution is 14.1. The van der Waals surface area contributed by atoms with Crippen molar-refractivity contribution in [2.75, 3.05) is 5.88 Å². The Labute approximate surface area is 128 Å². The lowest BCUT2D eigenvalue weighted by atomic mass is 9.94. The number of halogens is 2. The van der Waals surface area contributed by atoms with E-state index in [9.17, 15) is 4.79 Å². The van der Waals surface area contributed by atoms with E-state index in [1.165, 1.54) is 0 Å². The molecule has 0 aliphatic rings. The second-order valence-corrected chi connectivity index (χ2v) is 5.86. The Kier molecular flexibility index (Phi) is 5.92. The van der Waals surface area contributed by atoms with Crippen LogP contribution in [0, 0.1) is 10.5 Å². The van der Waals surface area contributed by atoms with Crippen LogP contribution in [-0.2, 0) is 0 Å². The fraction of sp³-hybridized carbons (Fsp3) is 0.500. The molecule has 0 bridgehead atoms. The molecule has 100 valence electrons. The Morgan fingerprint density at radius 1 is 1.39 bits per heavy atom. The van der Waals surface area contributed by atoms with Crippen molar-refractivity contribution < 1.29 is 4.79 Å². The van der Waals surface area contributed by atoms with Crippen LogP contribution in [0.3, 0.4) is 0 Å².